The van der Waals surface area contributed by atoms with Crippen LogP contribution in [0.2, 0.25) is 0 Å². The van der Waals surface area contributed by atoms with Crippen molar-refractivity contribution in [1.29, 1.82) is 0 Å². The first-order valence-electron chi connectivity index (χ1n) is 11.5. The molecule has 8 nitrogen and oxygen atoms in total. The standard InChI is InChI=1S/C24H37N3O5/c1-17(2)14-26-9-10-32-20(16-26)13-25-24(29)19-12-23(28)27(15-19)8-7-18-5-6-21(30-3)22(11-18)31-4/h5-6,11,17,19-20H,7-10,12-16H2,1-4H3,(H,25,29). The van der Waals surface area contributed by atoms with Crippen LogP contribution in [0.25, 0.3) is 0 Å². The smallest absolute Gasteiger partial charge is 0.225 e. The molecule has 0 bridgehead atoms. The summed E-state index contributed by atoms with van der Waals surface area (Å²) in [5, 5.41) is 3.01. The van der Waals surface area contributed by atoms with Crippen molar-refractivity contribution in [3.05, 3.63) is 23.8 Å². The second-order valence-electron chi connectivity index (χ2n) is 9.07. The third kappa shape index (κ3) is 6.59. The first-order valence-corrected chi connectivity index (χ1v) is 11.5. The summed E-state index contributed by atoms with van der Waals surface area (Å²) in [5.41, 5.74) is 1.06. The zero-order valence-electron chi connectivity index (χ0n) is 19.8. The molecule has 8 heteroatoms. The highest BCUT2D eigenvalue weighted by atomic mass is 16.5. The molecule has 2 aliphatic heterocycles. The van der Waals surface area contributed by atoms with Crippen molar-refractivity contribution in [3.63, 3.8) is 0 Å². The maximum atomic E-state index is 12.7. The Bertz CT molecular complexity index is 785. The van der Waals surface area contributed by atoms with Crippen molar-refractivity contribution in [2.24, 2.45) is 11.8 Å². The van der Waals surface area contributed by atoms with Crippen LogP contribution < -0.4 is 14.8 Å². The van der Waals surface area contributed by atoms with Crippen LogP contribution in [0.15, 0.2) is 18.2 Å². The number of hydrogen-bond acceptors (Lipinski definition) is 6. The summed E-state index contributed by atoms with van der Waals surface area (Å²) >= 11 is 0. The third-order valence-corrected chi connectivity index (χ3v) is 6.05. The second kappa shape index (κ2) is 11.5. The summed E-state index contributed by atoms with van der Waals surface area (Å²) in [6.07, 6.45) is 0.967. The molecule has 2 aliphatic rings. The normalized spacial score (nSPS) is 21.8. The van der Waals surface area contributed by atoms with Gasteiger partial charge >= 0.3 is 0 Å². The molecule has 32 heavy (non-hydrogen) atoms. The minimum atomic E-state index is -0.303. The Morgan fingerprint density at radius 3 is 2.72 bits per heavy atom. The van der Waals surface area contributed by atoms with Gasteiger partial charge in [0.2, 0.25) is 11.8 Å². The van der Waals surface area contributed by atoms with Crippen molar-refractivity contribution >= 4 is 11.8 Å². The number of ether oxygens (including phenoxy) is 3. The van der Waals surface area contributed by atoms with Crippen molar-refractivity contribution < 1.29 is 23.8 Å². The number of nitrogens with one attached hydrogen (secondary N) is 1. The number of methoxy groups -OCH3 is 2. The van der Waals surface area contributed by atoms with Crippen LogP contribution in [0.1, 0.15) is 25.8 Å². The quantitative estimate of drug-likeness (QED) is 0.587. The number of hydrogen-bond donors (Lipinski definition) is 1. The molecule has 1 aromatic rings. The van der Waals surface area contributed by atoms with E-state index in [1.54, 1.807) is 19.1 Å². The second-order valence-corrected chi connectivity index (χ2v) is 9.07. The van der Waals surface area contributed by atoms with Gasteiger partial charge in [-0.15, -0.1) is 0 Å². The maximum Gasteiger partial charge on any atom is 0.225 e. The van der Waals surface area contributed by atoms with Gasteiger partial charge in [0, 0.05) is 45.7 Å². The van der Waals surface area contributed by atoms with Gasteiger partial charge in [0.05, 0.1) is 32.8 Å². The van der Waals surface area contributed by atoms with E-state index in [1.807, 2.05) is 18.2 Å². The van der Waals surface area contributed by atoms with Gasteiger partial charge in [-0.05, 0) is 30.0 Å². The minimum absolute atomic E-state index is 0.00436. The first-order chi connectivity index (χ1) is 15.4. The monoisotopic (exact) mass is 447 g/mol. The van der Waals surface area contributed by atoms with Gasteiger partial charge in [0.15, 0.2) is 11.5 Å². The molecule has 0 spiro atoms. The summed E-state index contributed by atoms with van der Waals surface area (Å²) < 4.78 is 16.4. The van der Waals surface area contributed by atoms with Gasteiger partial charge in [0.1, 0.15) is 0 Å². The zero-order chi connectivity index (χ0) is 23.1. The largest absolute Gasteiger partial charge is 0.493 e. The molecule has 0 aliphatic carbocycles. The lowest BCUT2D eigenvalue weighted by Gasteiger charge is -2.34. The predicted molar refractivity (Wildman–Crippen MR) is 122 cm³/mol. The number of likely N-dealkylation sites (tertiary alicyclic amines) is 1. The molecule has 0 aromatic heterocycles. The molecule has 2 unspecified atom stereocenters. The number of nitrogens with zero attached hydrogens (tertiary/aromatic N) is 2. The van der Waals surface area contributed by atoms with Crippen molar-refractivity contribution in [2.45, 2.75) is 32.8 Å². The van der Waals surface area contributed by atoms with E-state index in [1.165, 1.54) is 0 Å². The van der Waals surface area contributed by atoms with E-state index in [9.17, 15) is 9.59 Å². The summed E-state index contributed by atoms with van der Waals surface area (Å²) in [7, 11) is 3.21. The Hall–Kier alpha value is -2.32. The molecule has 2 heterocycles. The molecule has 0 saturated carbocycles. The topological polar surface area (TPSA) is 80.3 Å². The molecule has 2 fully saturated rings. The van der Waals surface area contributed by atoms with Gasteiger partial charge < -0.3 is 24.4 Å². The van der Waals surface area contributed by atoms with E-state index in [2.05, 4.69) is 24.1 Å². The van der Waals surface area contributed by atoms with Crippen LogP contribution in [0.5, 0.6) is 11.5 Å². The molecule has 1 N–H and O–H groups in total. The van der Waals surface area contributed by atoms with Gasteiger partial charge in [-0.3, -0.25) is 14.5 Å². The van der Waals surface area contributed by atoms with Crippen LogP contribution in [0.3, 0.4) is 0 Å². The fraction of sp³-hybridized carbons (Fsp3) is 0.667. The molecule has 2 saturated heterocycles. The van der Waals surface area contributed by atoms with E-state index in [4.69, 9.17) is 14.2 Å². The van der Waals surface area contributed by atoms with E-state index >= 15 is 0 Å². The summed E-state index contributed by atoms with van der Waals surface area (Å²) in [4.78, 5) is 29.3. The van der Waals surface area contributed by atoms with Gasteiger partial charge in [-0.25, -0.2) is 0 Å². The zero-order valence-corrected chi connectivity index (χ0v) is 19.8. The van der Waals surface area contributed by atoms with Gasteiger partial charge in [-0.1, -0.05) is 19.9 Å². The average molecular weight is 448 g/mol. The lowest BCUT2D eigenvalue weighted by Crippen LogP contribution is -2.49. The number of rotatable bonds is 10. The summed E-state index contributed by atoms with van der Waals surface area (Å²) in [5.74, 6) is 1.63. The number of carbonyl (C=O) groups excluding carboxylic acids is 2. The molecule has 2 amide bonds. The van der Waals surface area contributed by atoms with Crippen LogP contribution in [-0.2, 0) is 20.7 Å². The van der Waals surface area contributed by atoms with E-state index in [0.29, 0.717) is 50.1 Å². The lowest BCUT2D eigenvalue weighted by atomic mass is 10.1. The van der Waals surface area contributed by atoms with Crippen molar-refractivity contribution in [2.75, 3.05) is 60.1 Å². The van der Waals surface area contributed by atoms with Gasteiger partial charge in [-0.2, -0.15) is 0 Å². The third-order valence-electron chi connectivity index (χ3n) is 6.05. The molecule has 1 aromatic carbocycles. The molecule has 3 rings (SSSR count). The number of morpholine rings is 1. The Morgan fingerprint density at radius 2 is 2.00 bits per heavy atom. The van der Waals surface area contributed by atoms with Crippen molar-refractivity contribution in [3.8, 4) is 11.5 Å². The SMILES string of the molecule is COc1ccc(CCN2CC(C(=O)NCC3CN(CC(C)C)CCO3)CC2=O)cc1OC. The molecular formula is C24H37N3O5. The minimum Gasteiger partial charge on any atom is -0.493 e. The fourth-order valence-corrected chi connectivity index (χ4v) is 4.41. The number of amides is 2. The van der Waals surface area contributed by atoms with Gasteiger partial charge in [0.25, 0.3) is 0 Å². The molecular weight excluding hydrogens is 410 g/mol. The summed E-state index contributed by atoms with van der Waals surface area (Å²) in [6, 6.07) is 5.76. The Kier molecular flexibility index (Phi) is 8.75. The highest BCUT2D eigenvalue weighted by Crippen LogP contribution is 2.28. The lowest BCUT2D eigenvalue weighted by molar-refractivity contribution is -0.129. The Morgan fingerprint density at radius 1 is 1.22 bits per heavy atom. The number of benzene rings is 1. The Balaban J connectivity index is 1.44. The molecule has 178 valence electrons. The molecule has 2 atom stereocenters. The predicted octanol–water partition coefficient (Wildman–Crippen LogP) is 1.57. The summed E-state index contributed by atoms with van der Waals surface area (Å²) in [6.45, 7) is 9.45. The van der Waals surface area contributed by atoms with E-state index in [0.717, 1.165) is 25.2 Å². The average Bonchev–Trinajstić information content (AvgIpc) is 3.16. The highest BCUT2D eigenvalue weighted by molar-refractivity contribution is 5.89. The van der Waals surface area contributed by atoms with E-state index in [-0.39, 0.29) is 30.3 Å². The Labute approximate surface area is 191 Å². The maximum absolute atomic E-state index is 12.7. The van der Waals surface area contributed by atoms with E-state index < -0.39 is 0 Å². The van der Waals surface area contributed by atoms with Crippen LogP contribution in [0.4, 0.5) is 0 Å². The fourth-order valence-electron chi connectivity index (χ4n) is 4.41. The number of carbonyl (C=O) groups is 2. The van der Waals surface area contributed by atoms with Crippen LogP contribution >= 0.6 is 0 Å². The highest BCUT2D eigenvalue weighted by Gasteiger charge is 2.34. The van der Waals surface area contributed by atoms with Crippen molar-refractivity contribution in [1.82, 2.24) is 15.1 Å². The van der Waals surface area contributed by atoms with Crippen LogP contribution in [0, 0.1) is 11.8 Å². The first kappa shape index (κ1) is 24.3. The molecule has 0 radical (unpaired) electrons. The van der Waals surface area contributed by atoms with Crippen LogP contribution in [-0.4, -0.2) is 87.8 Å².